The van der Waals surface area contributed by atoms with Crippen LogP contribution in [0.4, 0.5) is 0 Å². The van der Waals surface area contributed by atoms with Gasteiger partial charge in [-0.15, -0.1) is 0 Å². The van der Waals surface area contributed by atoms with Gasteiger partial charge in [0, 0.05) is 9.61 Å². The minimum Gasteiger partial charge on any atom is -0.452 e. The molecule has 0 saturated carbocycles. The molecular weight excluding hydrogens is 345 g/mol. The lowest BCUT2D eigenvalue weighted by Crippen LogP contribution is -2.35. The maximum Gasteiger partial charge on any atom is 0.339 e. The minimum absolute atomic E-state index is 0.0908. The predicted molar refractivity (Wildman–Crippen MR) is 77.3 cm³/mol. The molecule has 1 rings (SSSR count). The van der Waals surface area contributed by atoms with Crippen molar-refractivity contribution >= 4 is 34.5 Å². The zero-order valence-corrected chi connectivity index (χ0v) is 12.6. The molecule has 5 heteroatoms. The number of rotatable bonds is 5. The van der Waals surface area contributed by atoms with Gasteiger partial charge in [0.2, 0.25) is 0 Å². The van der Waals surface area contributed by atoms with E-state index in [0.29, 0.717) is 5.56 Å². The summed E-state index contributed by atoms with van der Waals surface area (Å²) in [6.07, 6.45) is 0.844. The summed E-state index contributed by atoms with van der Waals surface area (Å²) >= 11 is 2.06. The minimum atomic E-state index is -0.473. The second kappa shape index (κ2) is 7.35. The number of hydrogen-bond acceptors (Lipinski definition) is 3. The van der Waals surface area contributed by atoms with Gasteiger partial charge in [0.15, 0.2) is 6.61 Å². The molecule has 98 valence electrons. The maximum absolute atomic E-state index is 11.7. The van der Waals surface area contributed by atoms with E-state index in [9.17, 15) is 9.59 Å². The topological polar surface area (TPSA) is 55.4 Å². The molecule has 0 bridgehead atoms. The molecule has 1 unspecified atom stereocenters. The number of ether oxygens (including phenoxy) is 1. The van der Waals surface area contributed by atoms with Crippen LogP contribution in [0.1, 0.15) is 30.6 Å². The lowest BCUT2D eigenvalue weighted by Gasteiger charge is -2.11. The van der Waals surface area contributed by atoms with Gasteiger partial charge in [-0.2, -0.15) is 0 Å². The average molecular weight is 361 g/mol. The fourth-order valence-electron chi connectivity index (χ4n) is 1.25. The molecule has 18 heavy (non-hydrogen) atoms. The van der Waals surface area contributed by atoms with Crippen LogP contribution >= 0.6 is 22.6 Å². The molecule has 1 atom stereocenters. The number of amides is 1. The summed E-state index contributed by atoms with van der Waals surface area (Å²) in [5.41, 5.74) is 0.481. The van der Waals surface area contributed by atoms with Crippen molar-refractivity contribution in [3.05, 3.63) is 33.4 Å². The van der Waals surface area contributed by atoms with E-state index in [0.717, 1.165) is 9.99 Å². The second-order valence-electron chi connectivity index (χ2n) is 3.93. The Balaban J connectivity index is 2.47. The molecule has 0 heterocycles. The van der Waals surface area contributed by atoms with Gasteiger partial charge < -0.3 is 10.1 Å². The number of benzene rings is 1. The third kappa shape index (κ3) is 4.64. The van der Waals surface area contributed by atoms with Crippen molar-refractivity contribution in [1.82, 2.24) is 5.32 Å². The highest BCUT2D eigenvalue weighted by Crippen LogP contribution is 2.12. The predicted octanol–water partition coefficient (Wildman–Crippen LogP) is 2.36. The molecule has 0 saturated heterocycles. The summed E-state index contributed by atoms with van der Waals surface area (Å²) in [5.74, 6) is -0.747. The molecule has 0 aromatic heterocycles. The van der Waals surface area contributed by atoms with Gasteiger partial charge in [0.25, 0.3) is 5.91 Å². The van der Waals surface area contributed by atoms with Crippen molar-refractivity contribution in [2.24, 2.45) is 0 Å². The number of carbonyl (C=O) groups is 2. The quantitative estimate of drug-likeness (QED) is 0.647. The zero-order valence-electron chi connectivity index (χ0n) is 10.4. The van der Waals surface area contributed by atoms with E-state index in [1.165, 1.54) is 0 Å². The van der Waals surface area contributed by atoms with E-state index in [1.54, 1.807) is 12.1 Å². The van der Waals surface area contributed by atoms with Crippen molar-refractivity contribution < 1.29 is 14.3 Å². The number of hydrogen-bond donors (Lipinski definition) is 1. The molecule has 1 aromatic carbocycles. The highest BCUT2D eigenvalue weighted by atomic mass is 127. The molecule has 0 aliphatic heterocycles. The Hall–Kier alpha value is -1.11. The van der Waals surface area contributed by atoms with Crippen LogP contribution in [-0.4, -0.2) is 24.5 Å². The van der Waals surface area contributed by atoms with Crippen LogP contribution < -0.4 is 5.32 Å². The van der Waals surface area contributed by atoms with Crippen LogP contribution in [0.3, 0.4) is 0 Å². The molecule has 1 N–H and O–H groups in total. The van der Waals surface area contributed by atoms with Crippen molar-refractivity contribution in [2.45, 2.75) is 26.3 Å². The van der Waals surface area contributed by atoms with Gasteiger partial charge in [-0.25, -0.2) is 4.79 Å². The second-order valence-corrected chi connectivity index (χ2v) is 5.09. The van der Waals surface area contributed by atoms with Crippen LogP contribution in [0.5, 0.6) is 0 Å². The molecular formula is C13H16INO3. The molecule has 0 aliphatic rings. The van der Waals surface area contributed by atoms with Crippen LogP contribution in [0.2, 0.25) is 0 Å². The Morgan fingerprint density at radius 3 is 2.67 bits per heavy atom. The van der Waals surface area contributed by atoms with E-state index in [1.807, 2.05) is 26.0 Å². The number of carbonyl (C=O) groups excluding carboxylic acids is 2. The first-order valence-corrected chi connectivity index (χ1v) is 6.83. The van der Waals surface area contributed by atoms with E-state index in [-0.39, 0.29) is 18.6 Å². The fourth-order valence-corrected chi connectivity index (χ4v) is 1.86. The molecule has 0 spiro atoms. The normalized spacial score (nSPS) is 11.7. The Labute approximate surface area is 120 Å². The van der Waals surface area contributed by atoms with Crippen LogP contribution in [0.25, 0.3) is 0 Å². The number of nitrogens with one attached hydrogen (secondary N) is 1. The first-order chi connectivity index (χ1) is 8.54. The molecule has 4 nitrogen and oxygen atoms in total. The van der Waals surface area contributed by atoms with Gasteiger partial charge in [0.1, 0.15) is 0 Å². The SMILES string of the molecule is CCC(C)NC(=O)COC(=O)c1ccccc1I. The van der Waals surface area contributed by atoms with Crippen LogP contribution in [0.15, 0.2) is 24.3 Å². The van der Waals surface area contributed by atoms with E-state index in [4.69, 9.17) is 4.74 Å². The fraction of sp³-hybridized carbons (Fsp3) is 0.385. The zero-order chi connectivity index (χ0) is 13.5. The van der Waals surface area contributed by atoms with Gasteiger partial charge in [0.05, 0.1) is 5.56 Å². The van der Waals surface area contributed by atoms with E-state index < -0.39 is 5.97 Å². The van der Waals surface area contributed by atoms with Crippen molar-refractivity contribution in [3.63, 3.8) is 0 Å². The number of esters is 1. The molecule has 1 aromatic rings. The number of halogens is 1. The third-order valence-electron chi connectivity index (χ3n) is 2.45. The summed E-state index contributed by atoms with van der Waals surface area (Å²) in [5, 5.41) is 2.73. The van der Waals surface area contributed by atoms with E-state index >= 15 is 0 Å². The summed E-state index contributed by atoms with van der Waals surface area (Å²) in [6.45, 7) is 3.64. The average Bonchev–Trinajstić information content (AvgIpc) is 2.36. The van der Waals surface area contributed by atoms with E-state index in [2.05, 4.69) is 27.9 Å². The highest BCUT2D eigenvalue weighted by molar-refractivity contribution is 14.1. The molecule has 0 aliphatic carbocycles. The lowest BCUT2D eigenvalue weighted by atomic mass is 10.2. The van der Waals surface area contributed by atoms with Gasteiger partial charge in [-0.05, 0) is 48.1 Å². The molecule has 0 fully saturated rings. The maximum atomic E-state index is 11.7. The summed E-state index contributed by atoms with van der Waals surface area (Å²) in [4.78, 5) is 23.2. The lowest BCUT2D eigenvalue weighted by molar-refractivity contribution is -0.124. The van der Waals surface area contributed by atoms with Gasteiger partial charge >= 0.3 is 5.97 Å². The highest BCUT2D eigenvalue weighted by Gasteiger charge is 2.13. The first-order valence-electron chi connectivity index (χ1n) is 5.75. The summed E-state index contributed by atoms with van der Waals surface area (Å²) in [6, 6.07) is 7.19. The Bertz CT molecular complexity index is 434. The summed E-state index contributed by atoms with van der Waals surface area (Å²) < 4.78 is 5.77. The molecule has 0 radical (unpaired) electrons. The first kappa shape index (κ1) is 14.9. The van der Waals surface area contributed by atoms with Crippen LogP contribution in [0, 0.1) is 3.57 Å². The van der Waals surface area contributed by atoms with Crippen molar-refractivity contribution in [1.29, 1.82) is 0 Å². The largest absolute Gasteiger partial charge is 0.452 e. The Morgan fingerprint density at radius 2 is 2.06 bits per heavy atom. The smallest absolute Gasteiger partial charge is 0.339 e. The standard InChI is InChI=1S/C13H16INO3/c1-3-9(2)15-12(16)8-18-13(17)10-6-4-5-7-11(10)14/h4-7,9H,3,8H2,1-2H3,(H,15,16). The monoisotopic (exact) mass is 361 g/mol. The van der Waals surface area contributed by atoms with Gasteiger partial charge in [-0.3, -0.25) is 4.79 Å². The summed E-state index contributed by atoms with van der Waals surface area (Å²) in [7, 11) is 0. The van der Waals surface area contributed by atoms with Crippen molar-refractivity contribution in [2.75, 3.05) is 6.61 Å². The third-order valence-corrected chi connectivity index (χ3v) is 3.39. The Kier molecular flexibility index (Phi) is 6.11. The van der Waals surface area contributed by atoms with Crippen LogP contribution in [-0.2, 0) is 9.53 Å². The van der Waals surface area contributed by atoms with Gasteiger partial charge in [-0.1, -0.05) is 19.1 Å². The molecule has 1 amide bonds. The Morgan fingerprint density at radius 1 is 1.39 bits per heavy atom. The van der Waals surface area contributed by atoms with Crippen molar-refractivity contribution in [3.8, 4) is 0 Å².